The van der Waals surface area contributed by atoms with Gasteiger partial charge in [-0.3, -0.25) is 9.52 Å². The lowest BCUT2D eigenvalue weighted by Crippen LogP contribution is -2.49. The molecular weight excluding hydrogens is 422 g/mol. The molecule has 1 fully saturated rings. The van der Waals surface area contributed by atoms with Crippen LogP contribution in [0.15, 0.2) is 59.1 Å². The van der Waals surface area contributed by atoms with Crippen LogP contribution in [-0.4, -0.2) is 55.4 Å². The molecule has 156 valence electrons. The molecule has 1 aliphatic rings. The number of anilines is 2. The Morgan fingerprint density at radius 2 is 1.70 bits per heavy atom. The van der Waals surface area contributed by atoms with Gasteiger partial charge in [0, 0.05) is 44.3 Å². The van der Waals surface area contributed by atoms with Crippen molar-refractivity contribution in [2.24, 2.45) is 0 Å². The van der Waals surface area contributed by atoms with Gasteiger partial charge in [-0.15, -0.1) is 11.3 Å². The second-order valence-electron chi connectivity index (χ2n) is 6.91. The highest BCUT2D eigenvalue weighted by Crippen LogP contribution is 2.26. The van der Waals surface area contributed by atoms with E-state index in [1.165, 1.54) is 6.07 Å². The van der Waals surface area contributed by atoms with E-state index in [0.717, 1.165) is 16.9 Å². The van der Waals surface area contributed by atoms with Gasteiger partial charge in [-0.05, 0) is 36.6 Å². The molecule has 1 aliphatic heterocycles. The van der Waals surface area contributed by atoms with Crippen LogP contribution < -0.4 is 9.62 Å². The largest absolute Gasteiger partial charge is 0.337 e. The van der Waals surface area contributed by atoms with E-state index in [2.05, 4.69) is 14.7 Å². The van der Waals surface area contributed by atoms with Crippen molar-refractivity contribution in [1.82, 2.24) is 14.9 Å². The number of thiophene rings is 1. The van der Waals surface area contributed by atoms with Crippen LogP contribution >= 0.6 is 11.3 Å². The van der Waals surface area contributed by atoms with Crippen molar-refractivity contribution in [2.75, 3.05) is 35.8 Å². The normalized spacial score (nSPS) is 14.6. The number of aromatic nitrogens is 2. The molecule has 3 aromatic rings. The molecule has 1 N–H and O–H groups in total. The van der Waals surface area contributed by atoms with Crippen molar-refractivity contribution < 1.29 is 13.2 Å². The molecule has 0 bridgehead atoms. The van der Waals surface area contributed by atoms with E-state index >= 15 is 0 Å². The number of piperazine rings is 1. The van der Waals surface area contributed by atoms with Crippen molar-refractivity contribution >= 4 is 38.9 Å². The topological polar surface area (TPSA) is 95.5 Å². The average Bonchev–Trinajstić information content (AvgIpc) is 3.27. The predicted molar refractivity (Wildman–Crippen MR) is 116 cm³/mol. The molecule has 1 amide bonds. The van der Waals surface area contributed by atoms with Crippen LogP contribution in [0.1, 0.15) is 15.2 Å². The second kappa shape index (κ2) is 8.41. The molecule has 1 saturated heterocycles. The standard InChI is InChI=1S/C20H21N5O3S2/c1-15-3-5-16(6-4-15)23-30(27,28)17-7-14-29-18(17)19(26)24-10-12-25(13-11-24)20-21-8-2-9-22-20/h2-9,14,23H,10-13H2,1H3. The van der Waals surface area contributed by atoms with Gasteiger partial charge in [-0.1, -0.05) is 17.7 Å². The molecule has 10 heteroatoms. The number of hydrogen-bond acceptors (Lipinski definition) is 7. The summed E-state index contributed by atoms with van der Waals surface area (Å²) in [7, 11) is -3.87. The van der Waals surface area contributed by atoms with Crippen LogP contribution in [0.3, 0.4) is 0 Å². The maximum absolute atomic E-state index is 13.1. The fourth-order valence-electron chi connectivity index (χ4n) is 3.20. The molecule has 0 radical (unpaired) electrons. The Labute approximate surface area is 179 Å². The van der Waals surface area contributed by atoms with E-state index in [4.69, 9.17) is 0 Å². The van der Waals surface area contributed by atoms with Gasteiger partial charge in [0.05, 0.1) is 0 Å². The lowest BCUT2D eigenvalue weighted by Gasteiger charge is -2.34. The molecule has 0 aliphatic carbocycles. The fraction of sp³-hybridized carbons (Fsp3) is 0.250. The summed E-state index contributed by atoms with van der Waals surface area (Å²) >= 11 is 1.14. The quantitative estimate of drug-likeness (QED) is 0.651. The molecule has 30 heavy (non-hydrogen) atoms. The van der Waals surface area contributed by atoms with Crippen molar-refractivity contribution in [3.8, 4) is 0 Å². The highest BCUT2D eigenvalue weighted by Gasteiger charge is 2.29. The first-order valence-corrected chi connectivity index (χ1v) is 11.8. The molecule has 0 unspecified atom stereocenters. The third-order valence-corrected chi connectivity index (χ3v) is 7.27. The SMILES string of the molecule is Cc1ccc(NS(=O)(=O)c2ccsc2C(=O)N2CCN(c3ncccn3)CC2)cc1. The van der Waals surface area contributed by atoms with Crippen LogP contribution in [0.25, 0.3) is 0 Å². The molecule has 1 aromatic carbocycles. The number of aryl methyl sites for hydroxylation is 1. The minimum Gasteiger partial charge on any atom is -0.337 e. The highest BCUT2D eigenvalue weighted by atomic mass is 32.2. The van der Waals surface area contributed by atoms with E-state index in [1.807, 2.05) is 24.0 Å². The van der Waals surface area contributed by atoms with E-state index < -0.39 is 10.0 Å². The van der Waals surface area contributed by atoms with Gasteiger partial charge in [0.25, 0.3) is 15.9 Å². The van der Waals surface area contributed by atoms with Gasteiger partial charge in [-0.2, -0.15) is 0 Å². The number of nitrogens with zero attached hydrogens (tertiary/aromatic N) is 4. The molecular formula is C20H21N5O3S2. The molecule has 0 saturated carbocycles. The zero-order valence-electron chi connectivity index (χ0n) is 16.4. The van der Waals surface area contributed by atoms with E-state index in [9.17, 15) is 13.2 Å². The molecule has 2 aromatic heterocycles. The Morgan fingerprint density at radius 3 is 2.37 bits per heavy atom. The molecule has 8 nitrogen and oxygen atoms in total. The van der Waals surface area contributed by atoms with Gasteiger partial charge in [0.2, 0.25) is 5.95 Å². The van der Waals surface area contributed by atoms with Crippen molar-refractivity contribution in [3.05, 3.63) is 64.6 Å². The molecule has 0 atom stereocenters. The summed E-state index contributed by atoms with van der Waals surface area (Å²) < 4.78 is 28.3. The first kappa shape index (κ1) is 20.3. The van der Waals surface area contributed by atoms with Crippen molar-refractivity contribution in [3.63, 3.8) is 0 Å². The number of hydrogen-bond donors (Lipinski definition) is 1. The highest BCUT2D eigenvalue weighted by molar-refractivity contribution is 7.93. The van der Waals surface area contributed by atoms with E-state index in [-0.39, 0.29) is 15.7 Å². The molecule has 0 spiro atoms. The number of rotatable bonds is 5. The van der Waals surface area contributed by atoms with Gasteiger partial charge in [0.1, 0.15) is 9.77 Å². The first-order valence-electron chi connectivity index (χ1n) is 9.42. The minimum atomic E-state index is -3.87. The lowest BCUT2D eigenvalue weighted by atomic mass is 10.2. The number of amides is 1. The maximum atomic E-state index is 13.1. The zero-order chi connectivity index (χ0) is 21.1. The Morgan fingerprint density at radius 1 is 1.03 bits per heavy atom. The average molecular weight is 444 g/mol. The number of sulfonamides is 1. The smallest absolute Gasteiger partial charge is 0.265 e. The van der Waals surface area contributed by atoms with E-state index in [0.29, 0.717) is 37.8 Å². The number of carbonyl (C=O) groups excluding carboxylic acids is 1. The summed E-state index contributed by atoms with van der Waals surface area (Å²) in [6.45, 7) is 4.05. The third kappa shape index (κ3) is 4.29. The van der Waals surface area contributed by atoms with Gasteiger partial charge < -0.3 is 9.80 Å². The summed E-state index contributed by atoms with van der Waals surface area (Å²) in [5, 5.41) is 1.63. The third-order valence-electron chi connectivity index (χ3n) is 4.82. The maximum Gasteiger partial charge on any atom is 0.265 e. The fourth-order valence-corrected chi connectivity index (χ4v) is 5.65. The van der Waals surface area contributed by atoms with Crippen LogP contribution in [-0.2, 0) is 10.0 Å². The Bertz CT molecular complexity index is 1120. The van der Waals surface area contributed by atoms with E-state index in [1.54, 1.807) is 40.9 Å². The van der Waals surface area contributed by atoms with Crippen LogP contribution in [0.4, 0.5) is 11.6 Å². The Kier molecular flexibility index (Phi) is 5.69. The van der Waals surface area contributed by atoms with Crippen LogP contribution in [0, 0.1) is 6.92 Å². The van der Waals surface area contributed by atoms with Crippen molar-refractivity contribution in [1.29, 1.82) is 0 Å². The Balaban J connectivity index is 1.47. The van der Waals surface area contributed by atoms with Crippen LogP contribution in [0.2, 0.25) is 0 Å². The monoisotopic (exact) mass is 443 g/mol. The second-order valence-corrected chi connectivity index (χ2v) is 9.48. The Hall–Kier alpha value is -2.98. The number of carbonyl (C=O) groups is 1. The lowest BCUT2D eigenvalue weighted by molar-refractivity contribution is 0.0747. The van der Waals surface area contributed by atoms with Crippen LogP contribution in [0.5, 0.6) is 0 Å². The predicted octanol–water partition coefficient (Wildman–Crippen LogP) is 2.61. The number of benzene rings is 1. The van der Waals surface area contributed by atoms with Gasteiger partial charge >= 0.3 is 0 Å². The molecule has 4 rings (SSSR count). The van der Waals surface area contributed by atoms with Gasteiger partial charge in [0.15, 0.2) is 0 Å². The summed E-state index contributed by atoms with van der Waals surface area (Å²) in [5.74, 6) is 0.356. The number of nitrogens with one attached hydrogen (secondary N) is 1. The van der Waals surface area contributed by atoms with Gasteiger partial charge in [-0.25, -0.2) is 18.4 Å². The summed E-state index contributed by atoms with van der Waals surface area (Å²) in [6, 6.07) is 10.3. The summed E-state index contributed by atoms with van der Waals surface area (Å²) in [6.07, 6.45) is 3.37. The summed E-state index contributed by atoms with van der Waals surface area (Å²) in [4.78, 5) is 25.5. The molecule has 3 heterocycles. The summed E-state index contributed by atoms with van der Waals surface area (Å²) in [5.41, 5.74) is 1.49. The minimum absolute atomic E-state index is 0.00639. The first-order chi connectivity index (χ1) is 14.4. The zero-order valence-corrected chi connectivity index (χ0v) is 18.0. The van der Waals surface area contributed by atoms with Crippen molar-refractivity contribution in [2.45, 2.75) is 11.8 Å².